The summed E-state index contributed by atoms with van der Waals surface area (Å²) in [5.41, 5.74) is 0. The molecule has 4 saturated carbocycles. The SMILES string of the molecule is O=C1C2CC3CC(C2)C(Br)C1C3. The standard InChI is InChI=1S/C10H13BrO/c11-9-6-1-5-2-7(4-6)10(12)8(9)3-5/h5-9H,1-4H2. The highest BCUT2D eigenvalue weighted by molar-refractivity contribution is 9.09. The maximum absolute atomic E-state index is 11.8. The van der Waals surface area contributed by atoms with E-state index >= 15 is 0 Å². The van der Waals surface area contributed by atoms with Crippen LogP contribution in [0.1, 0.15) is 25.7 Å². The molecule has 4 aliphatic rings. The molecular formula is C10H13BrO. The molecule has 66 valence electrons. The fraction of sp³-hybridized carbons (Fsp3) is 0.900. The Labute approximate surface area is 81.0 Å². The van der Waals surface area contributed by atoms with Crippen LogP contribution in [0.4, 0.5) is 0 Å². The number of halogens is 1. The van der Waals surface area contributed by atoms with E-state index in [-0.39, 0.29) is 0 Å². The van der Waals surface area contributed by atoms with Gasteiger partial charge in [-0.25, -0.2) is 0 Å². The van der Waals surface area contributed by atoms with Gasteiger partial charge < -0.3 is 0 Å². The van der Waals surface area contributed by atoms with Crippen molar-refractivity contribution in [2.24, 2.45) is 23.7 Å². The molecule has 0 saturated heterocycles. The van der Waals surface area contributed by atoms with E-state index in [4.69, 9.17) is 0 Å². The Morgan fingerprint density at radius 1 is 1.17 bits per heavy atom. The van der Waals surface area contributed by atoms with Crippen LogP contribution in [0.25, 0.3) is 0 Å². The van der Waals surface area contributed by atoms with Gasteiger partial charge in [-0.1, -0.05) is 15.9 Å². The van der Waals surface area contributed by atoms with Crippen LogP contribution in [-0.4, -0.2) is 10.6 Å². The summed E-state index contributed by atoms with van der Waals surface area (Å²) in [6.45, 7) is 0. The third-order valence-corrected chi connectivity index (χ3v) is 5.42. The van der Waals surface area contributed by atoms with E-state index in [0.29, 0.717) is 22.4 Å². The first-order valence-electron chi connectivity index (χ1n) is 4.93. The number of hydrogen-bond donors (Lipinski definition) is 0. The molecule has 0 aliphatic heterocycles. The Bertz CT molecular complexity index is 238. The second kappa shape index (κ2) is 2.34. The molecule has 4 fully saturated rings. The molecule has 4 rings (SSSR count). The van der Waals surface area contributed by atoms with Gasteiger partial charge in [0.2, 0.25) is 0 Å². The Balaban J connectivity index is 1.98. The van der Waals surface area contributed by atoms with Gasteiger partial charge in [-0.2, -0.15) is 0 Å². The first-order valence-corrected chi connectivity index (χ1v) is 5.85. The molecule has 4 bridgehead atoms. The molecule has 1 nitrogen and oxygen atoms in total. The van der Waals surface area contributed by atoms with Crippen molar-refractivity contribution in [2.45, 2.75) is 30.5 Å². The molecule has 2 heteroatoms. The van der Waals surface area contributed by atoms with Crippen LogP contribution in [0.2, 0.25) is 0 Å². The first kappa shape index (κ1) is 7.54. The molecule has 0 heterocycles. The number of hydrogen-bond acceptors (Lipinski definition) is 1. The molecule has 0 spiro atoms. The summed E-state index contributed by atoms with van der Waals surface area (Å²) < 4.78 is 0. The second-order valence-electron chi connectivity index (χ2n) is 4.72. The third-order valence-electron chi connectivity index (χ3n) is 4.03. The van der Waals surface area contributed by atoms with Crippen LogP contribution in [0.3, 0.4) is 0 Å². The lowest BCUT2D eigenvalue weighted by Crippen LogP contribution is -2.51. The van der Waals surface area contributed by atoms with E-state index in [1.165, 1.54) is 25.7 Å². The predicted molar refractivity (Wildman–Crippen MR) is 50.2 cm³/mol. The molecule has 5 atom stereocenters. The number of Topliss-reactive ketones (excluding diaryl/α,β-unsaturated/α-hetero) is 1. The van der Waals surface area contributed by atoms with Crippen molar-refractivity contribution in [3.8, 4) is 0 Å². The van der Waals surface area contributed by atoms with Gasteiger partial charge >= 0.3 is 0 Å². The molecule has 5 unspecified atom stereocenters. The Morgan fingerprint density at radius 2 is 2.00 bits per heavy atom. The molecule has 0 aromatic carbocycles. The number of alkyl halides is 1. The van der Waals surface area contributed by atoms with E-state index in [1.807, 2.05) is 0 Å². The molecule has 0 amide bonds. The highest BCUT2D eigenvalue weighted by Gasteiger charge is 2.52. The molecule has 0 aromatic rings. The van der Waals surface area contributed by atoms with Gasteiger partial charge in [0.05, 0.1) is 0 Å². The number of rotatable bonds is 0. The van der Waals surface area contributed by atoms with Crippen molar-refractivity contribution < 1.29 is 4.79 Å². The summed E-state index contributed by atoms with van der Waals surface area (Å²) in [5, 5.41) is 0. The average molecular weight is 229 g/mol. The van der Waals surface area contributed by atoms with Crippen molar-refractivity contribution >= 4 is 21.7 Å². The lowest BCUT2D eigenvalue weighted by molar-refractivity contribution is -0.138. The monoisotopic (exact) mass is 228 g/mol. The maximum atomic E-state index is 11.8. The van der Waals surface area contributed by atoms with E-state index in [0.717, 1.165) is 11.8 Å². The number of carbonyl (C=O) groups is 1. The Kier molecular flexibility index (Phi) is 1.47. The van der Waals surface area contributed by atoms with E-state index in [9.17, 15) is 4.79 Å². The Morgan fingerprint density at radius 3 is 2.83 bits per heavy atom. The van der Waals surface area contributed by atoms with E-state index in [2.05, 4.69) is 15.9 Å². The minimum absolute atomic E-state index is 0.390. The van der Waals surface area contributed by atoms with Crippen LogP contribution < -0.4 is 0 Å². The molecule has 0 aromatic heterocycles. The van der Waals surface area contributed by atoms with Crippen LogP contribution in [0.15, 0.2) is 0 Å². The average Bonchev–Trinajstić information content (AvgIpc) is 2.07. The lowest BCUT2D eigenvalue weighted by atomic mass is 9.56. The summed E-state index contributed by atoms with van der Waals surface area (Å²) in [4.78, 5) is 12.3. The van der Waals surface area contributed by atoms with Crippen LogP contribution in [0.5, 0.6) is 0 Å². The lowest BCUT2D eigenvalue weighted by Gasteiger charge is -2.51. The van der Waals surface area contributed by atoms with Crippen molar-refractivity contribution in [3.63, 3.8) is 0 Å². The molecule has 4 aliphatic carbocycles. The summed E-state index contributed by atoms with van der Waals surface area (Å²) >= 11 is 3.70. The predicted octanol–water partition coefficient (Wildman–Crippen LogP) is 2.39. The van der Waals surface area contributed by atoms with Gasteiger partial charge in [0, 0.05) is 16.7 Å². The zero-order chi connectivity index (χ0) is 8.29. The van der Waals surface area contributed by atoms with Gasteiger partial charge in [0.25, 0.3) is 0 Å². The topological polar surface area (TPSA) is 17.1 Å². The maximum Gasteiger partial charge on any atom is 0.140 e. The van der Waals surface area contributed by atoms with Crippen molar-refractivity contribution in [1.82, 2.24) is 0 Å². The fourth-order valence-corrected chi connectivity index (χ4v) is 4.47. The minimum atomic E-state index is 0.390. The molecule has 12 heavy (non-hydrogen) atoms. The molecule has 0 N–H and O–H groups in total. The number of ketones is 1. The van der Waals surface area contributed by atoms with Crippen LogP contribution in [-0.2, 0) is 4.79 Å². The fourth-order valence-electron chi connectivity index (χ4n) is 3.56. The normalized spacial score (nSPS) is 56.4. The zero-order valence-corrected chi connectivity index (χ0v) is 8.59. The van der Waals surface area contributed by atoms with Gasteiger partial charge in [0.1, 0.15) is 5.78 Å². The Hall–Kier alpha value is 0.150. The van der Waals surface area contributed by atoms with Gasteiger partial charge in [-0.15, -0.1) is 0 Å². The summed E-state index contributed by atoms with van der Waals surface area (Å²) in [5.74, 6) is 3.14. The van der Waals surface area contributed by atoms with Crippen molar-refractivity contribution in [1.29, 1.82) is 0 Å². The zero-order valence-electron chi connectivity index (χ0n) is 7.00. The smallest absolute Gasteiger partial charge is 0.140 e. The van der Waals surface area contributed by atoms with Gasteiger partial charge in [-0.05, 0) is 37.5 Å². The van der Waals surface area contributed by atoms with Crippen molar-refractivity contribution in [2.75, 3.05) is 0 Å². The summed E-state index contributed by atoms with van der Waals surface area (Å²) in [6.07, 6.45) is 4.96. The summed E-state index contributed by atoms with van der Waals surface area (Å²) in [6, 6.07) is 0. The number of carbonyl (C=O) groups excluding carboxylic acids is 1. The quantitative estimate of drug-likeness (QED) is 0.583. The third kappa shape index (κ3) is 0.822. The molecular weight excluding hydrogens is 216 g/mol. The second-order valence-corrected chi connectivity index (χ2v) is 5.78. The molecule has 0 radical (unpaired) electrons. The van der Waals surface area contributed by atoms with E-state index in [1.54, 1.807) is 0 Å². The van der Waals surface area contributed by atoms with Crippen molar-refractivity contribution in [3.05, 3.63) is 0 Å². The van der Waals surface area contributed by atoms with Crippen LogP contribution >= 0.6 is 15.9 Å². The van der Waals surface area contributed by atoms with Gasteiger partial charge in [0.15, 0.2) is 0 Å². The minimum Gasteiger partial charge on any atom is -0.299 e. The highest BCUT2D eigenvalue weighted by Crippen LogP contribution is 2.54. The first-order chi connectivity index (χ1) is 5.75. The highest BCUT2D eigenvalue weighted by atomic mass is 79.9. The van der Waals surface area contributed by atoms with Crippen LogP contribution in [0, 0.1) is 23.7 Å². The summed E-state index contributed by atoms with van der Waals surface area (Å²) in [7, 11) is 0. The van der Waals surface area contributed by atoms with Gasteiger partial charge in [-0.3, -0.25) is 4.79 Å². The largest absolute Gasteiger partial charge is 0.299 e. The van der Waals surface area contributed by atoms with E-state index < -0.39 is 0 Å².